The van der Waals surface area contributed by atoms with Crippen molar-refractivity contribution in [2.45, 2.75) is 33.6 Å². The second kappa shape index (κ2) is 7.62. The number of carbonyl (C=O) groups excluding carboxylic acids is 1. The summed E-state index contributed by atoms with van der Waals surface area (Å²) in [6.07, 6.45) is 1.79. The van der Waals surface area contributed by atoms with E-state index in [1.54, 1.807) is 16.8 Å². The van der Waals surface area contributed by atoms with Gasteiger partial charge in [-0.05, 0) is 55.0 Å². The Balaban J connectivity index is 2.30. The second-order valence-corrected chi connectivity index (χ2v) is 5.88. The van der Waals surface area contributed by atoms with E-state index < -0.39 is 0 Å². The third-order valence-corrected chi connectivity index (χ3v) is 4.43. The minimum Gasteiger partial charge on any atom is -0.493 e. The van der Waals surface area contributed by atoms with Crippen molar-refractivity contribution in [3.8, 4) is 5.75 Å². The van der Waals surface area contributed by atoms with Crippen molar-refractivity contribution in [2.24, 2.45) is 0 Å². The van der Waals surface area contributed by atoms with E-state index in [1.807, 2.05) is 26.0 Å². The molecular formula is C16H20IN3O2. The van der Waals surface area contributed by atoms with Crippen molar-refractivity contribution in [1.29, 1.82) is 0 Å². The van der Waals surface area contributed by atoms with Gasteiger partial charge in [-0.15, -0.1) is 0 Å². The summed E-state index contributed by atoms with van der Waals surface area (Å²) in [6.45, 7) is 6.45. The average Bonchev–Trinajstić information content (AvgIpc) is 2.76. The first-order chi connectivity index (χ1) is 10.6. The molecule has 2 rings (SSSR count). The van der Waals surface area contributed by atoms with Crippen molar-refractivity contribution in [3.05, 3.63) is 45.0 Å². The largest absolute Gasteiger partial charge is 0.493 e. The summed E-state index contributed by atoms with van der Waals surface area (Å²) in [7, 11) is 0. The lowest BCUT2D eigenvalue weighted by atomic mass is 10.2. The number of amides is 1. The molecule has 0 aliphatic rings. The highest BCUT2D eigenvalue weighted by molar-refractivity contribution is 14.1. The predicted molar refractivity (Wildman–Crippen MR) is 95.0 cm³/mol. The Hall–Kier alpha value is -1.57. The number of para-hydroxylation sites is 1. The van der Waals surface area contributed by atoms with Crippen molar-refractivity contribution >= 4 is 28.5 Å². The predicted octanol–water partition coefficient (Wildman–Crippen LogP) is 3.53. The number of nitrogens with one attached hydrogen (secondary N) is 1. The zero-order valence-corrected chi connectivity index (χ0v) is 15.2. The molecule has 22 heavy (non-hydrogen) atoms. The molecule has 1 aromatic carbocycles. The van der Waals surface area contributed by atoms with E-state index in [0.717, 1.165) is 28.1 Å². The second-order valence-electron chi connectivity index (χ2n) is 4.86. The maximum absolute atomic E-state index is 12.6. The van der Waals surface area contributed by atoms with Crippen LogP contribution in [0.3, 0.4) is 0 Å². The summed E-state index contributed by atoms with van der Waals surface area (Å²) in [4.78, 5) is 17.1. The van der Waals surface area contributed by atoms with Crippen LogP contribution in [0, 0.1) is 10.6 Å². The Labute approximate surface area is 144 Å². The molecular weight excluding hydrogens is 393 g/mol. The number of halogens is 1. The number of aromatic nitrogens is 2. The average molecular weight is 413 g/mol. The molecule has 0 radical (unpaired) electrons. The van der Waals surface area contributed by atoms with Crippen LogP contribution in [-0.4, -0.2) is 22.2 Å². The van der Waals surface area contributed by atoms with Gasteiger partial charge in [0, 0.05) is 6.42 Å². The van der Waals surface area contributed by atoms with Crippen LogP contribution >= 0.6 is 22.6 Å². The van der Waals surface area contributed by atoms with Gasteiger partial charge in [-0.3, -0.25) is 10.2 Å². The van der Waals surface area contributed by atoms with Crippen molar-refractivity contribution in [3.63, 3.8) is 0 Å². The molecule has 0 spiro atoms. The molecule has 0 aliphatic carbocycles. The van der Waals surface area contributed by atoms with E-state index in [4.69, 9.17) is 4.74 Å². The van der Waals surface area contributed by atoms with Gasteiger partial charge in [-0.2, -0.15) is 0 Å². The number of carbonyl (C=O) groups is 1. The fourth-order valence-electron chi connectivity index (χ4n) is 2.17. The lowest BCUT2D eigenvalue weighted by Crippen LogP contribution is -2.26. The number of benzene rings is 1. The van der Waals surface area contributed by atoms with Gasteiger partial charge in [0.25, 0.3) is 5.91 Å². The fourth-order valence-corrected chi connectivity index (χ4v) is 2.69. The summed E-state index contributed by atoms with van der Waals surface area (Å²) in [6, 6.07) is 7.25. The molecule has 0 saturated carbocycles. The fraction of sp³-hybridized carbons (Fsp3) is 0.375. The highest BCUT2D eigenvalue weighted by Crippen LogP contribution is 2.19. The molecule has 1 heterocycles. The van der Waals surface area contributed by atoms with Gasteiger partial charge in [0.05, 0.1) is 17.9 Å². The molecule has 0 saturated heterocycles. The molecule has 0 unspecified atom stereocenters. The lowest BCUT2D eigenvalue weighted by molar-refractivity contribution is 0.100. The summed E-state index contributed by atoms with van der Waals surface area (Å²) < 4.78 is 8.21. The van der Waals surface area contributed by atoms with Crippen molar-refractivity contribution < 1.29 is 9.53 Å². The van der Waals surface area contributed by atoms with Crippen molar-refractivity contribution in [1.82, 2.24) is 9.66 Å². The van der Waals surface area contributed by atoms with E-state index in [2.05, 4.69) is 39.9 Å². The van der Waals surface area contributed by atoms with Gasteiger partial charge in [0.1, 0.15) is 15.3 Å². The van der Waals surface area contributed by atoms with Crippen LogP contribution in [0.15, 0.2) is 24.3 Å². The molecule has 118 valence electrons. The number of ether oxygens (including phenoxy) is 1. The van der Waals surface area contributed by atoms with E-state index in [0.29, 0.717) is 17.9 Å². The Kier molecular flexibility index (Phi) is 5.82. The summed E-state index contributed by atoms with van der Waals surface area (Å²) >= 11 is 2.20. The van der Waals surface area contributed by atoms with Crippen LogP contribution in [0.4, 0.5) is 0 Å². The molecule has 2 aromatic rings. The number of aryl methyl sites for hydroxylation is 2. The monoisotopic (exact) mass is 413 g/mol. The first kappa shape index (κ1) is 16.8. The molecule has 0 aliphatic heterocycles. The highest BCUT2D eigenvalue weighted by atomic mass is 127. The molecule has 5 nitrogen and oxygen atoms in total. The smallest absolute Gasteiger partial charge is 0.273 e. The maximum Gasteiger partial charge on any atom is 0.273 e. The van der Waals surface area contributed by atoms with Crippen LogP contribution in [0.5, 0.6) is 5.75 Å². The molecule has 1 amide bonds. The maximum atomic E-state index is 12.6. The van der Waals surface area contributed by atoms with E-state index in [-0.39, 0.29) is 5.91 Å². The van der Waals surface area contributed by atoms with Gasteiger partial charge in [0.2, 0.25) is 0 Å². The summed E-state index contributed by atoms with van der Waals surface area (Å²) in [5.41, 5.74) is 4.37. The Morgan fingerprint density at radius 3 is 2.77 bits per heavy atom. The molecule has 1 aromatic heterocycles. The van der Waals surface area contributed by atoms with Gasteiger partial charge in [0.15, 0.2) is 0 Å². The topological polar surface area (TPSA) is 56.2 Å². The van der Waals surface area contributed by atoms with Crippen LogP contribution in [-0.2, 0) is 6.42 Å². The zero-order chi connectivity index (χ0) is 16.1. The molecule has 0 fully saturated rings. The van der Waals surface area contributed by atoms with Gasteiger partial charge >= 0.3 is 0 Å². The van der Waals surface area contributed by atoms with Gasteiger partial charge in [-0.25, -0.2) is 9.66 Å². The van der Waals surface area contributed by atoms with Crippen molar-refractivity contribution in [2.75, 3.05) is 12.0 Å². The number of hydrogen-bond acceptors (Lipinski definition) is 3. The first-order valence-electron chi connectivity index (χ1n) is 7.35. The van der Waals surface area contributed by atoms with Gasteiger partial charge < -0.3 is 4.74 Å². The third-order valence-electron chi connectivity index (χ3n) is 3.17. The van der Waals surface area contributed by atoms with Crippen LogP contribution in [0.25, 0.3) is 0 Å². The van der Waals surface area contributed by atoms with Gasteiger partial charge in [-0.1, -0.05) is 19.1 Å². The lowest BCUT2D eigenvalue weighted by Gasteiger charge is -2.13. The van der Waals surface area contributed by atoms with Crippen LogP contribution in [0.2, 0.25) is 0 Å². The summed E-state index contributed by atoms with van der Waals surface area (Å²) in [5.74, 6) is 1.26. The quantitative estimate of drug-likeness (QED) is 0.738. The highest BCUT2D eigenvalue weighted by Gasteiger charge is 2.17. The zero-order valence-electron chi connectivity index (χ0n) is 13.0. The molecule has 0 atom stereocenters. The van der Waals surface area contributed by atoms with Crippen LogP contribution in [0.1, 0.15) is 42.1 Å². The molecule has 0 bridgehead atoms. The Morgan fingerprint density at radius 1 is 1.36 bits per heavy atom. The van der Waals surface area contributed by atoms with E-state index >= 15 is 0 Å². The van der Waals surface area contributed by atoms with Crippen LogP contribution < -0.4 is 10.2 Å². The van der Waals surface area contributed by atoms with E-state index in [1.165, 1.54) is 0 Å². The molecule has 6 heteroatoms. The van der Waals surface area contributed by atoms with E-state index in [9.17, 15) is 4.79 Å². The Bertz CT molecular complexity index is 667. The normalized spacial score (nSPS) is 10.5. The summed E-state index contributed by atoms with van der Waals surface area (Å²) in [5, 5.41) is 0. The number of nitrogens with zero attached hydrogens (tertiary/aromatic N) is 2. The molecule has 1 N–H and O–H groups in total. The SMILES string of the molecule is CCCc1nc(C)c(I)n1NC(=O)c1ccccc1OCC. The minimum atomic E-state index is -0.197. The minimum absolute atomic E-state index is 0.197. The third kappa shape index (κ3) is 3.60. The first-order valence-corrected chi connectivity index (χ1v) is 8.43. The number of imidazole rings is 1. The number of hydrogen-bond donors (Lipinski definition) is 1. The standard InChI is InChI=1S/C16H20IN3O2/c1-4-8-14-18-11(3)15(17)20(14)19-16(21)12-9-6-7-10-13(12)22-5-2/h6-7,9-10H,4-5,8H2,1-3H3,(H,19,21). The Morgan fingerprint density at radius 2 is 2.09 bits per heavy atom. The number of rotatable bonds is 6.